The topological polar surface area (TPSA) is 86.2 Å². The van der Waals surface area contributed by atoms with E-state index in [4.69, 9.17) is 8.83 Å². The molecule has 9 heteroatoms. The molecule has 0 bridgehead atoms. The first-order valence-electron chi connectivity index (χ1n) is 12.8. The van der Waals surface area contributed by atoms with Gasteiger partial charge in [-0.05, 0) is 91.5 Å². The maximum atomic E-state index is 13.2. The summed E-state index contributed by atoms with van der Waals surface area (Å²) in [6.07, 6.45) is 0. The van der Waals surface area contributed by atoms with Gasteiger partial charge >= 0.3 is 0 Å². The Hall–Kier alpha value is -4.18. The lowest BCUT2D eigenvalue weighted by Crippen LogP contribution is -1.99. The number of fused-ring (bicyclic) bond motifs is 3. The number of carbonyl (C=O) groups is 2. The standard InChI is InChI=1S/C32H18N2O4S3/c1-15-3-6-20-25(13-15)39-31(35)27(20)28-21-7-5-17(14-26(21)40-32(28)36)22-11-12-24(38-22)19-9-8-18(23-10-4-16(2)37-23)29-30(19)34-41-33-29/h3-14H,1-2H3/b28-27+. The molecular formula is C32H18N2O4S3. The molecule has 0 radical (unpaired) electrons. The van der Waals surface area contributed by atoms with Gasteiger partial charge in [-0.2, -0.15) is 8.75 Å². The van der Waals surface area contributed by atoms with Crippen molar-refractivity contribution in [3.05, 3.63) is 95.2 Å². The number of hydrogen-bond acceptors (Lipinski definition) is 9. The maximum Gasteiger partial charge on any atom is 0.225 e. The van der Waals surface area contributed by atoms with Crippen LogP contribution in [0.25, 0.3) is 56.2 Å². The van der Waals surface area contributed by atoms with Gasteiger partial charge in [-0.25, -0.2) is 0 Å². The van der Waals surface area contributed by atoms with Gasteiger partial charge in [0.15, 0.2) is 0 Å². The predicted octanol–water partition coefficient (Wildman–Crippen LogP) is 8.67. The number of rotatable bonds is 3. The van der Waals surface area contributed by atoms with Crippen molar-refractivity contribution in [1.29, 1.82) is 0 Å². The van der Waals surface area contributed by atoms with Crippen molar-refractivity contribution in [3.8, 4) is 34.0 Å². The van der Waals surface area contributed by atoms with Gasteiger partial charge in [0.2, 0.25) is 10.2 Å². The molecule has 2 aliphatic rings. The summed E-state index contributed by atoms with van der Waals surface area (Å²) in [5.41, 5.74) is 7.79. The van der Waals surface area contributed by atoms with E-state index in [1.54, 1.807) is 0 Å². The number of hydrogen-bond donors (Lipinski definition) is 0. The summed E-state index contributed by atoms with van der Waals surface area (Å²) in [5.74, 6) is 2.94. The maximum absolute atomic E-state index is 13.2. The molecule has 0 fully saturated rings. The summed E-state index contributed by atoms with van der Waals surface area (Å²) in [7, 11) is 0. The molecule has 3 aromatic heterocycles. The van der Waals surface area contributed by atoms with E-state index in [0.717, 1.165) is 89.2 Å². The molecule has 6 aromatic rings. The first-order valence-corrected chi connectivity index (χ1v) is 15.2. The monoisotopic (exact) mass is 590 g/mol. The van der Waals surface area contributed by atoms with Gasteiger partial charge in [0, 0.05) is 48.8 Å². The molecule has 3 aromatic carbocycles. The van der Waals surface area contributed by atoms with E-state index in [1.807, 2.05) is 86.6 Å². The van der Waals surface area contributed by atoms with Crippen LogP contribution < -0.4 is 0 Å². The molecule has 0 aliphatic carbocycles. The Labute approximate surface area is 246 Å². The number of aryl methyl sites for hydroxylation is 2. The fourth-order valence-electron chi connectivity index (χ4n) is 5.36. The fraction of sp³-hybridized carbons (Fsp3) is 0.0625. The lowest BCUT2D eigenvalue weighted by Gasteiger charge is -2.06. The molecule has 0 spiro atoms. The minimum atomic E-state index is -0.111. The quantitative estimate of drug-likeness (QED) is 0.189. The molecule has 0 N–H and O–H groups in total. The molecule has 0 saturated heterocycles. The molecule has 8 rings (SSSR count). The second-order valence-corrected chi connectivity index (χ2v) is 12.5. The average Bonchev–Trinajstić information content (AvgIpc) is 3.78. The summed E-state index contributed by atoms with van der Waals surface area (Å²) >= 11 is 3.50. The van der Waals surface area contributed by atoms with Gasteiger partial charge in [0.1, 0.15) is 34.1 Å². The summed E-state index contributed by atoms with van der Waals surface area (Å²) < 4.78 is 21.2. The Morgan fingerprint density at radius 3 is 1.80 bits per heavy atom. The van der Waals surface area contributed by atoms with Crippen LogP contribution in [0, 0.1) is 13.8 Å². The Morgan fingerprint density at radius 1 is 0.585 bits per heavy atom. The fourth-order valence-corrected chi connectivity index (χ4v) is 7.96. The highest BCUT2D eigenvalue weighted by atomic mass is 32.2. The van der Waals surface area contributed by atoms with Crippen molar-refractivity contribution < 1.29 is 18.4 Å². The molecule has 198 valence electrons. The summed E-state index contributed by atoms with van der Waals surface area (Å²) in [6, 6.07) is 23.4. The second kappa shape index (κ2) is 9.17. The molecule has 6 nitrogen and oxygen atoms in total. The van der Waals surface area contributed by atoms with Crippen LogP contribution >= 0.6 is 35.3 Å². The van der Waals surface area contributed by atoms with Gasteiger partial charge < -0.3 is 8.83 Å². The Balaban J connectivity index is 1.17. The second-order valence-electron chi connectivity index (χ2n) is 9.94. The van der Waals surface area contributed by atoms with Gasteiger partial charge in [0.05, 0.1) is 11.7 Å². The van der Waals surface area contributed by atoms with E-state index in [-0.39, 0.29) is 10.2 Å². The first-order chi connectivity index (χ1) is 19.9. The third-order valence-electron chi connectivity index (χ3n) is 7.30. The van der Waals surface area contributed by atoms with Gasteiger partial charge in [-0.1, -0.05) is 24.3 Å². The number of nitrogens with zero attached hydrogens (tertiary/aromatic N) is 2. The largest absolute Gasteiger partial charge is 0.461 e. The number of furan rings is 2. The normalized spacial score (nSPS) is 16.1. The summed E-state index contributed by atoms with van der Waals surface area (Å²) in [6.45, 7) is 3.91. The molecule has 41 heavy (non-hydrogen) atoms. The highest BCUT2D eigenvalue weighted by molar-refractivity contribution is 8.16. The van der Waals surface area contributed by atoms with Crippen molar-refractivity contribution in [1.82, 2.24) is 8.75 Å². The van der Waals surface area contributed by atoms with Crippen LogP contribution in [-0.2, 0) is 9.59 Å². The van der Waals surface area contributed by atoms with Crippen LogP contribution in [0.2, 0.25) is 0 Å². The van der Waals surface area contributed by atoms with E-state index in [2.05, 4.69) is 8.75 Å². The molecule has 0 saturated carbocycles. The Morgan fingerprint density at radius 2 is 1.15 bits per heavy atom. The van der Waals surface area contributed by atoms with Crippen molar-refractivity contribution in [2.45, 2.75) is 23.6 Å². The summed E-state index contributed by atoms with van der Waals surface area (Å²) in [4.78, 5) is 27.9. The number of carbonyl (C=O) groups excluding carboxylic acids is 2. The first kappa shape index (κ1) is 24.6. The van der Waals surface area contributed by atoms with Crippen LogP contribution in [0.1, 0.15) is 22.5 Å². The van der Waals surface area contributed by atoms with E-state index >= 15 is 0 Å². The average molecular weight is 591 g/mol. The van der Waals surface area contributed by atoms with E-state index in [9.17, 15) is 9.59 Å². The van der Waals surface area contributed by atoms with Crippen LogP contribution in [0.15, 0.2) is 91.4 Å². The van der Waals surface area contributed by atoms with Crippen molar-refractivity contribution in [3.63, 3.8) is 0 Å². The van der Waals surface area contributed by atoms with Crippen LogP contribution in [0.4, 0.5) is 0 Å². The SMILES string of the molecule is Cc1ccc2c(c1)SC(=O)/C2=C1/C(=O)Sc2cc(-c3ccc(-c4ccc(-c5ccc(C)o5)c5nsnc45)o3)ccc21. The highest BCUT2D eigenvalue weighted by Crippen LogP contribution is 2.51. The van der Waals surface area contributed by atoms with E-state index in [0.29, 0.717) is 22.7 Å². The molecular weight excluding hydrogens is 573 g/mol. The van der Waals surface area contributed by atoms with E-state index < -0.39 is 0 Å². The Kier molecular flexibility index (Phi) is 5.50. The minimum Gasteiger partial charge on any atom is -0.461 e. The van der Waals surface area contributed by atoms with Gasteiger partial charge in [-0.3, -0.25) is 9.59 Å². The molecule has 0 unspecified atom stereocenters. The summed E-state index contributed by atoms with van der Waals surface area (Å²) in [5, 5.41) is -0.196. The third kappa shape index (κ3) is 3.88. The van der Waals surface area contributed by atoms with Gasteiger partial charge in [0.25, 0.3) is 0 Å². The smallest absolute Gasteiger partial charge is 0.225 e. The predicted molar refractivity (Wildman–Crippen MR) is 163 cm³/mol. The van der Waals surface area contributed by atoms with Crippen molar-refractivity contribution in [2.24, 2.45) is 0 Å². The number of benzene rings is 3. The number of aromatic nitrogens is 2. The molecule has 5 heterocycles. The zero-order valence-electron chi connectivity index (χ0n) is 21.7. The van der Waals surface area contributed by atoms with Crippen LogP contribution in [-0.4, -0.2) is 19.0 Å². The van der Waals surface area contributed by atoms with Gasteiger partial charge in [-0.15, -0.1) is 0 Å². The lowest BCUT2D eigenvalue weighted by molar-refractivity contribution is -0.107. The van der Waals surface area contributed by atoms with Crippen LogP contribution in [0.3, 0.4) is 0 Å². The molecule has 2 aliphatic heterocycles. The zero-order valence-corrected chi connectivity index (χ0v) is 24.1. The zero-order chi connectivity index (χ0) is 27.8. The third-order valence-corrected chi connectivity index (χ3v) is 9.72. The highest BCUT2D eigenvalue weighted by Gasteiger charge is 2.36. The van der Waals surface area contributed by atoms with Crippen molar-refractivity contribution in [2.75, 3.05) is 0 Å². The number of thioether (sulfide) groups is 2. The van der Waals surface area contributed by atoms with E-state index in [1.165, 1.54) is 11.8 Å². The molecule has 0 atom stereocenters. The van der Waals surface area contributed by atoms with Crippen molar-refractivity contribution >= 4 is 67.7 Å². The van der Waals surface area contributed by atoms with Crippen LogP contribution in [0.5, 0.6) is 0 Å². The minimum absolute atomic E-state index is 0.0850. The lowest BCUT2D eigenvalue weighted by atomic mass is 9.95. The molecule has 0 amide bonds. The Bertz CT molecular complexity index is 2130.